The minimum atomic E-state index is -3.46. The lowest BCUT2D eigenvalue weighted by molar-refractivity contribution is -0.0272. The standard InChI is InChI=1S/C13H21N3O3S/c1-10(2)16-5-6-19-11(8-16)9-20(17,18)13-3-4-15-7-12(13)14/h3-4,7,10-11H,5-6,8-9,14H2,1-2H3. The Morgan fingerprint density at radius 2 is 2.30 bits per heavy atom. The lowest BCUT2D eigenvalue weighted by atomic mass is 10.2. The number of anilines is 1. The van der Waals surface area contributed by atoms with Crippen molar-refractivity contribution in [2.45, 2.75) is 30.9 Å². The Hall–Kier alpha value is -1.18. The molecule has 1 aromatic heterocycles. The molecule has 0 radical (unpaired) electrons. The SMILES string of the molecule is CC(C)N1CCOC(CS(=O)(=O)c2ccncc2N)C1. The van der Waals surface area contributed by atoms with Crippen LogP contribution in [0.15, 0.2) is 23.4 Å². The van der Waals surface area contributed by atoms with E-state index in [9.17, 15) is 8.42 Å². The van der Waals surface area contributed by atoms with Crippen molar-refractivity contribution < 1.29 is 13.2 Å². The van der Waals surface area contributed by atoms with Gasteiger partial charge in [-0.25, -0.2) is 8.42 Å². The predicted octanol–water partition coefficient (Wildman–Crippen LogP) is 0.547. The zero-order valence-electron chi connectivity index (χ0n) is 11.8. The Bertz CT molecular complexity index is 560. The predicted molar refractivity (Wildman–Crippen MR) is 77.2 cm³/mol. The summed E-state index contributed by atoms with van der Waals surface area (Å²) in [5, 5.41) is 0. The molecule has 2 heterocycles. The third-order valence-electron chi connectivity index (χ3n) is 3.45. The van der Waals surface area contributed by atoms with Crippen LogP contribution in [-0.4, -0.2) is 55.9 Å². The first-order valence-electron chi connectivity index (χ1n) is 6.68. The molecule has 2 rings (SSSR count). The number of ether oxygens (including phenoxy) is 1. The molecule has 1 atom stereocenters. The first kappa shape index (κ1) is 15.2. The minimum Gasteiger partial charge on any atom is -0.396 e. The van der Waals surface area contributed by atoms with E-state index in [4.69, 9.17) is 10.5 Å². The summed E-state index contributed by atoms with van der Waals surface area (Å²) in [6.45, 7) is 6.22. The van der Waals surface area contributed by atoms with Gasteiger partial charge in [0.05, 0.1) is 35.2 Å². The number of nitrogens with zero attached hydrogens (tertiary/aromatic N) is 2. The molecule has 1 aromatic rings. The van der Waals surface area contributed by atoms with Crippen LogP contribution in [0.5, 0.6) is 0 Å². The van der Waals surface area contributed by atoms with Crippen molar-refractivity contribution >= 4 is 15.5 Å². The average Bonchev–Trinajstić information content (AvgIpc) is 2.38. The van der Waals surface area contributed by atoms with Crippen LogP contribution < -0.4 is 5.73 Å². The molecule has 0 aliphatic carbocycles. The Morgan fingerprint density at radius 3 is 2.95 bits per heavy atom. The van der Waals surface area contributed by atoms with Crippen molar-refractivity contribution in [3.8, 4) is 0 Å². The van der Waals surface area contributed by atoms with Crippen LogP contribution in [0.1, 0.15) is 13.8 Å². The number of aromatic nitrogens is 1. The van der Waals surface area contributed by atoms with Crippen LogP contribution in [-0.2, 0) is 14.6 Å². The summed E-state index contributed by atoms with van der Waals surface area (Å²) >= 11 is 0. The zero-order valence-corrected chi connectivity index (χ0v) is 12.6. The molecule has 0 spiro atoms. The van der Waals surface area contributed by atoms with Gasteiger partial charge in [0.25, 0.3) is 0 Å². The Morgan fingerprint density at radius 1 is 1.55 bits per heavy atom. The molecule has 1 saturated heterocycles. The molecule has 6 nitrogen and oxygen atoms in total. The number of nitrogens with two attached hydrogens (primary N) is 1. The highest BCUT2D eigenvalue weighted by Gasteiger charge is 2.28. The van der Waals surface area contributed by atoms with Crippen LogP contribution in [0.2, 0.25) is 0 Å². The first-order chi connectivity index (χ1) is 9.40. The zero-order chi connectivity index (χ0) is 14.8. The lowest BCUT2D eigenvalue weighted by Gasteiger charge is -2.35. The Balaban J connectivity index is 2.11. The second-order valence-electron chi connectivity index (χ2n) is 5.28. The number of sulfone groups is 1. The molecular weight excluding hydrogens is 278 g/mol. The largest absolute Gasteiger partial charge is 0.396 e. The second-order valence-corrected chi connectivity index (χ2v) is 7.28. The lowest BCUT2D eigenvalue weighted by Crippen LogP contribution is -2.48. The Labute approximate surface area is 119 Å². The molecule has 112 valence electrons. The van der Waals surface area contributed by atoms with E-state index in [2.05, 4.69) is 23.7 Å². The molecule has 0 amide bonds. The highest BCUT2D eigenvalue weighted by Crippen LogP contribution is 2.20. The molecule has 1 aliphatic heterocycles. The van der Waals surface area contributed by atoms with E-state index in [1.165, 1.54) is 18.5 Å². The average molecular weight is 299 g/mol. The van der Waals surface area contributed by atoms with Crippen molar-refractivity contribution in [3.05, 3.63) is 18.5 Å². The number of pyridine rings is 1. The van der Waals surface area contributed by atoms with Gasteiger partial charge in [-0.15, -0.1) is 0 Å². The number of hydrogen-bond acceptors (Lipinski definition) is 6. The molecule has 0 aromatic carbocycles. The molecule has 7 heteroatoms. The van der Waals surface area contributed by atoms with Gasteiger partial charge in [0.1, 0.15) is 0 Å². The van der Waals surface area contributed by atoms with Gasteiger partial charge in [-0.2, -0.15) is 0 Å². The maximum Gasteiger partial charge on any atom is 0.183 e. The van der Waals surface area contributed by atoms with Gasteiger partial charge in [-0.05, 0) is 19.9 Å². The highest BCUT2D eigenvalue weighted by atomic mass is 32.2. The normalized spacial score (nSPS) is 21.2. The summed E-state index contributed by atoms with van der Waals surface area (Å²) in [4.78, 5) is 6.17. The summed E-state index contributed by atoms with van der Waals surface area (Å²) in [6.07, 6.45) is 2.48. The smallest absolute Gasteiger partial charge is 0.183 e. The third kappa shape index (κ3) is 3.47. The number of rotatable bonds is 4. The van der Waals surface area contributed by atoms with Crippen LogP contribution in [0, 0.1) is 0 Å². The topological polar surface area (TPSA) is 85.5 Å². The molecule has 0 bridgehead atoms. The van der Waals surface area contributed by atoms with Gasteiger partial charge < -0.3 is 10.5 Å². The first-order valence-corrected chi connectivity index (χ1v) is 8.33. The fourth-order valence-corrected chi connectivity index (χ4v) is 3.87. The van der Waals surface area contributed by atoms with Crippen molar-refractivity contribution in [1.29, 1.82) is 0 Å². The van der Waals surface area contributed by atoms with E-state index in [1.807, 2.05) is 0 Å². The van der Waals surface area contributed by atoms with Gasteiger partial charge in [0, 0.05) is 25.3 Å². The van der Waals surface area contributed by atoms with E-state index in [0.29, 0.717) is 19.2 Å². The maximum absolute atomic E-state index is 12.4. The second kappa shape index (κ2) is 6.07. The Kier molecular flexibility index (Phi) is 4.62. The molecule has 1 fully saturated rings. The van der Waals surface area contributed by atoms with Crippen molar-refractivity contribution in [2.75, 3.05) is 31.2 Å². The van der Waals surface area contributed by atoms with Gasteiger partial charge >= 0.3 is 0 Å². The van der Waals surface area contributed by atoms with Gasteiger partial charge in [0.2, 0.25) is 0 Å². The summed E-state index contributed by atoms with van der Waals surface area (Å²) < 4.78 is 30.4. The molecule has 1 unspecified atom stereocenters. The number of hydrogen-bond donors (Lipinski definition) is 1. The summed E-state index contributed by atoms with van der Waals surface area (Å²) in [7, 11) is -3.46. The molecule has 1 aliphatic rings. The van der Waals surface area contributed by atoms with Gasteiger partial charge in [0.15, 0.2) is 9.84 Å². The van der Waals surface area contributed by atoms with Crippen LogP contribution in [0.4, 0.5) is 5.69 Å². The maximum atomic E-state index is 12.4. The van der Waals surface area contributed by atoms with E-state index in [1.54, 1.807) is 0 Å². The van der Waals surface area contributed by atoms with Crippen LogP contribution in [0.25, 0.3) is 0 Å². The van der Waals surface area contributed by atoms with Crippen LogP contribution in [0.3, 0.4) is 0 Å². The third-order valence-corrected chi connectivity index (χ3v) is 5.30. The highest BCUT2D eigenvalue weighted by molar-refractivity contribution is 7.91. The molecule has 20 heavy (non-hydrogen) atoms. The number of nitrogen functional groups attached to an aromatic ring is 1. The summed E-state index contributed by atoms with van der Waals surface area (Å²) in [5.41, 5.74) is 5.88. The minimum absolute atomic E-state index is 0.0512. The molecule has 2 N–H and O–H groups in total. The van der Waals surface area contributed by atoms with Gasteiger partial charge in [-0.1, -0.05) is 0 Å². The summed E-state index contributed by atoms with van der Waals surface area (Å²) in [5.74, 6) is -0.0512. The summed E-state index contributed by atoms with van der Waals surface area (Å²) in [6, 6.07) is 1.82. The van der Waals surface area contributed by atoms with Crippen LogP contribution >= 0.6 is 0 Å². The monoisotopic (exact) mass is 299 g/mol. The van der Waals surface area contributed by atoms with E-state index in [0.717, 1.165) is 6.54 Å². The van der Waals surface area contributed by atoms with E-state index < -0.39 is 9.84 Å². The van der Waals surface area contributed by atoms with Crippen molar-refractivity contribution in [2.24, 2.45) is 0 Å². The van der Waals surface area contributed by atoms with Crippen molar-refractivity contribution in [1.82, 2.24) is 9.88 Å². The van der Waals surface area contributed by atoms with E-state index >= 15 is 0 Å². The van der Waals surface area contributed by atoms with Gasteiger partial charge in [-0.3, -0.25) is 9.88 Å². The molecule has 0 saturated carbocycles. The van der Waals surface area contributed by atoms with E-state index in [-0.39, 0.29) is 22.4 Å². The van der Waals surface area contributed by atoms with Crippen molar-refractivity contribution in [3.63, 3.8) is 0 Å². The fourth-order valence-electron chi connectivity index (χ4n) is 2.32. The quantitative estimate of drug-likeness (QED) is 0.873. The molecular formula is C13H21N3O3S. The fraction of sp³-hybridized carbons (Fsp3) is 0.615. The number of morpholine rings is 1.